The number of rotatable bonds is 8. The molecule has 3 N–H and O–H groups in total. The lowest BCUT2D eigenvalue weighted by molar-refractivity contribution is -0.383. The average molecular weight is 414 g/mol. The summed E-state index contributed by atoms with van der Waals surface area (Å²) in [6.45, 7) is 2.94. The Balaban J connectivity index is 2.00. The maximum absolute atomic E-state index is 12.2. The molecule has 0 saturated heterocycles. The third-order valence-electron chi connectivity index (χ3n) is 4.06. The zero-order valence-electron chi connectivity index (χ0n) is 16.5. The highest BCUT2D eigenvalue weighted by Crippen LogP contribution is 2.28. The van der Waals surface area contributed by atoms with Crippen LogP contribution in [0.4, 0.5) is 21.9 Å². The molecule has 0 spiro atoms. The lowest BCUT2D eigenvalue weighted by Gasteiger charge is -2.12. The van der Waals surface area contributed by atoms with Crippen LogP contribution in [0, 0.1) is 10.1 Å². The molecule has 10 heteroatoms. The summed E-state index contributed by atoms with van der Waals surface area (Å²) in [6.07, 6.45) is 0.685. The van der Waals surface area contributed by atoms with Crippen molar-refractivity contribution in [3.63, 3.8) is 0 Å². The molecule has 0 radical (unpaired) electrons. The predicted molar refractivity (Wildman–Crippen MR) is 110 cm³/mol. The number of nitro benzene ring substituents is 1. The quantitative estimate of drug-likeness (QED) is 0.342. The molecule has 2 rings (SSSR count). The number of imide groups is 1. The number of carbonyl (C=O) groups excluding carboxylic acids is 3. The Bertz CT molecular complexity index is 932. The Hall–Kier alpha value is -3.95. The van der Waals surface area contributed by atoms with Gasteiger partial charge in [0.05, 0.1) is 10.5 Å². The van der Waals surface area contributed by atoms with Crippen molar-refractivity contribution >= 4 is 35.0 Å². The van der Waals surface area contributed by atoms with E-state index >= 15 is 0 Å². The molecule has 1 atom stereocenters. The minimum atomic E-state index is -0.929. The van der Waals surface area contributed by atoms with Gasteiger partial charge < -0.3 is 15.4 Å². The maximum Gasteiger partial charge on any atom is 0.338 e. The zero-order valence-corrected chi connectivity index (χ0v) is 16.5. The second-order valence-electron chi connectivity index (χ2n) is 6.39. The van der Waals surface area contributed by atoms with Crippen LogP contribution in [0.2, 0.25) is 0 Å². The van der Waals surface area contributed by atoms with E-state index in [1.165, 1.54) is 12.1 Å². The van der Waals surface area contributed by atoms with Crippen LogP contribution in [0.5, 0.6) is 0 Å². The standard InChI is InChI=1S/C20H22N4O6/c1-3-13(2)21-20(27)23-18(25)12-30-19(26)14-9-10-16(17(11-14)24(28)29)22-15-7-5-4-6-8-15/h4-11,13,22H,3,12H2,1-2H3,(H2,21,23,25,27)/t13-/m1/s1. The number of nitro groups is 1. The van der Waals surface area contributed by atoms with Gasteiger partial charge in [-0.15, -0.1) is 0 Å². The van der Waals surface area contributed by atoms with E-state index in [0.29, 0.717) is 12.1 Å². The molecule has 3 amide bonds. The molecule has 0 aliphatic carbocycles. The molecule has 0 fully saturated rings. The van der Waals surface area contributed by atoms with Gasteiger partial charge in [0, 0.05) is 17.8 Å². The van der Waals surface area contributed by atoms with E-state index < -0.39 is 29.4 Å². The largest absolute Gasteiger partial charge is 0.452 e. The molecule has 0 bridgehead atoms. The number of ether oxygens (including phenoxy) is 1. The van der Waals surface area contributed by atoms with Crippen LogP contribution in [0.25, 0.3) is 0 Å². The van der Waals surface area contributed by atoms with Crippen molar-refractivity contribution in [3.8, 4) is 0 Å². The number of nitrogens with one attached hydrogen (secondary N) is 3. The van der Waals surface area contributed by atoms with Gasteiger partial charge in [-0.05, 0) is 37.6 Å². The van der Waals surface area contributed by atoms with Crippen LogP contribution < -0.4 is 16.0 Å². The van der Waals surface area contributed by atoms with Gasteiger partial charge in [-0.25, -0.2) is 9.59 Å². The van der Waals surface area contributed by atoms with Gasteiger partial charge in [-0.1, -0.05) is 25.1 Å². The smallest absolute Gasteiger partial charge is 0.338 e. The van der Waals surface area contributed by atoms with Crippen molar-refractivity contribution in [2.45, 2.75) is 26.3 Å². The summed E-state index contributed by atoms with van der Waals surface area (Å²) in [6, 6.07) is 11.8. The summed E-state index contributed by atoms with van der Waals surface area (Å²) in [5.41, 5.74) is 0.410. The highest BCUT2D eigenvalue weighted by molar-refractivity contribution is 5.97. The molecular formula is C20H22N4O6. The molecule has 0 heterocycles. The summed E-state index contributed by atoms with van der Waals surface area (Å²) < 4.78 is 4.84. The molecule has 30 heavy (non-hydrogen) atoms. The number of urea groups is 1. The van der Waals surface area contributed by atoms with Crippen molar-refractivity contribution in [2.75, 3.05) is 11.9 Å². The number of hydrogen-bond acceptors (Lipinski definition) is 7. The van der Waals surface area contributed by atoms with Gasteiger partial charge >= 0.3 is 12.0 Å². The average Bonchev–Trinajstić information content (AvgIpc) is 2.72. The number of carbonyl (C=O) groups is 3. The second-order valence-corrected chi connectivity index (χ2v) is 6.39. The fourth-order valence-electron chi connectivity index (χ4n) is 2.33. The first-order valence-electron chi connectivity index (χ1n) is 9.18. The number of hydrogen-bond donors (Lipinski definition) is 3. The van der Waals surface area contributed by atoms with Gasteiger partial charge in [0.25, 0.3) is 11.6 Å². The van der Waals surface area contributed by atoms with Crippen molar-refractivity contribution in [1.29, 1.82) is 0 Å². The first kappa shape index (κ1) is 22.3. The topological polar surface area (TPSA) is 140 Å². The van der Waals surface area contributed by atoms with Crippen LogP contribution in [0.1, 0.15) is 30.6 Å². The van der Waals surface area contributed by atoms with Crippen molar-refractivity contribution < 1.29 is 24.0 Å². The molecule has 0 aliphatic rings. The molecule has 10 nitrogen and oxygen atoms in total. The molecule has 0 aliphatic heterocycles. The van der Waals surface area contributed by atoms with E-state index in [2.05, 4.69) is 10.6 Å². The zero-order chi connectivity index (χ0) is 22.1. The summed E-state index contributed by atoms with van der Waals surface area (Å²) >= 11 is 0. The monoisotopic (exact) mass is 414 g/mol. The fraction of sp³-hybridized carbons (Fsp3) is 0.250. The third kappa shape index (κ3) is 6.59. The lowest BCUT2D eigenvalue weighted by atomic mass is 10.1. The summed E-state index contributed by atoms with van der Waals surface area (Å²) in [5.74, 6) is -1.75. The molecule has 0 unspecified atom stereocenters. The van der Waals surface area contributed by atoms with Crippen molar-refractivity contribution in [3.05, 3.63) is 64.2 Å². The van der Waals surface area contributed by atoms with Gasteiger partial charge in [0.15, 0.2) is 6.61 Å². The van der Waals surface area contributed by atoms with E-state index in [9.17, 15) is 24.5 Å². The predicted octanol–water partition coefficient (Wildman–Crippen LogP) is 3.12. The number of nitrogens with zero attached hydrogens (tertiary/aromatic N) is 1. The van der Waals surface area contributed by atoms with E-state index in [4.69, 9.17) is 4.74 Å². The van der Waals surface area contributed by atoms with Crippen LogP contribution in [0.15, 0.2) is 48.5 Å². The lowest BCUT2D eigenvalue weighted by Crippen LogP contribution is -2.44. The first-order valence-corrected chi connectivity index (χ1v) is 9.18. The highest BCUT2D eigenvalue weighted by Gasteiger charge is 2.20. The van der Waals surface area contributed by atoms with Crippen LogP contribution in [0.3, 0.4) is 0 Å². The van der Waals surface area contributed by atoms with Crippen molar-refractivity contribution in [2.24, 2.45) is 0 Å². The van der Waals surface area contributed by atoms with Gasteiger partial charge in [0.2, 0.25) is 0 Å². The van der Waals surface area contributed by atoms with Gasteiger partial charge in [-0.2, -0.15) is 0 Å². The SMILES string of the molecule is CC[C@@H](C)NC(=O)NC(=O)COC(=O)c1ccc(Nc2ccccc2)c([N+](=O)[O-])c1. The van der Waals surface area contributed by atoms with Gasteiger partial charge in [-0.3, -0.25) is 20.2 Å². The highest BCUT2D eigenvalue weighted by atomic mass is 16.6. The molecule has 0 saturated carbocycles. The Morgan fingerprint density at radius 1 is 1.13 bits per heavy atom. The number of anilines is 2. The number of benzene rings is 2. The number of amides is 3. The van der Waals surface area contributed by atoms with E-state index in [0.717, 1.165) is 6.07 Å². The third-order valence-corrected chi connectivity index (χ3v) is 4.06. The Kier molecular flexibility index (Phi) is 7.86. The Morgan fingerprint density at radius 2 is 1.83 bits per heavy atom. The summed E-state index contributed by atoms with van der Waals surface area (Å²) in [5, 5.41) is 18.9. The van der Waals surface area contributed by atoms with E-state index in [-0.39, 0.29) is 23.0 Å². The van der Waals surface area contributed by atoms with E-state index in [1.807, 2.05) is 18.3 Å². The minimum Gasteiger partial charge on any atom is -0.452 e. The Morgan fingerprint density at radius 3 is 2.47 bits per heavy atom. The molecule has 2 aromatic carbocycles. The molecular weight excluding hydrogens is 392 g/mol. The summed E-state index contributed by atoms with van der Waals surface area (Å²) in [7, 11) is 0. The fourth-order valence-corrected chi connectivity index (χ4v) is 2.33. The van der Waals surface area contributed by atoms with Crippen LogP contribution in [-0.4, -0.2) is 35.5 Å². The normalized spacial score (nSPS) is 11.1. The van der Waals surface area contributed by atoms with Crippen LogP contribution >= 0.6 is 0 Å². The molecule has 158 valence electrons. The maximum atomic E-state index is 12.2. The van der Waals surface area contributed by atoms with Crippen molar-refractivity contribution in [1.82, 2.24) is 10.6 Å². The second kappa shape index (κ2) is 10.6. The number of esters is 1. The molecule has 2 aromatic rings. The van der Waals surface area contributed by atoms with Gasteiger partial charge in [0.1, 0.15) is 5.69 Å². The summed E-state index contributed by atoms with van der Waals surface area (Å²) in [4.78, 5) is 46.2. The Labute approximate surface area is 172 Å². The van der Waals surface area contributed by atoms with Crippen LogP contribution in [-0.2, 0) is 9.53 Å². The number of para-hydroxylation sites is 1. The van der Waals surface area contributed by atoms with E-state index in [1.54, 1.807) is 31.2 Å². The minimum absolute atomic E-state index is 0.0998. The first-order chi connectivity index (χ1) is 14.3. The molecule has 0 aromatic heterocycles.